The molecule has 0 amide bonds. The lowest BCUT2D eigenvalue weighted by Crippen LogP contribution is -2.28. The second-order valence-electron chi connectivity index (χ2n) is 9.02. The SMILES string of the molecule is C=CCCOCCC1COC(c2cc(F)c(C#Cc3ccc(-c4ccc(N=C=S)c(F)c4)c(F)c3)c(Cl)c2)OC1. The predicted molar refractivity (Wildman–Crippen MR) is 152 cm³/mol. The molecule has 3 aromatic rings. The lowest BCUT2D eigenvalue weighted by molar-refractivity contribution is -0.207. The van der Waals surface area contributed by atoms with Crippen molar-refractivity contribution in [1.29, 1.82) is 0 Å². The number of thiocarbonyl (C=S) groups is 1. The Morgan fingerprint density at radius 1 is 1.00 bits per heavy atom. The third kappa shape index (κ3) is 7.67. The van der Waals surface area contributed by atoms with Crippen LogP contribution in [-0.2, 0) is 14.2 Å². The van der Waals surface area contributed by atoms with Gasteiger partial charge in [-0.1, -0.05) is 41.7 Å². The van der Waals surface area contributed by atoms with Crippen LogP contribution in [0.1, 0.15) is 35.8 Å². The molecule has 4 nitrogen and oxygen atoms in total. The first-order valence-electron chi connectivity index (χ1n) is 12.5. The van der Waals surface area contributed by atoms with Crippen LogP contribution in [0, 0.1) is 35.2 Å². The van der Waals surface area contributed by atoms with Crippen LogP contribution in [0.3, 0.4) is 0 Å². The van der Waals surface area contributed by atoms with Crippen molar-refractivity contribution >= 4 is 34.7 Å². The molecule has 0 aliphatic carbocycles. The molecule has 206 valence electrons. The van der Waals surface area contributed by atoms with Gasteiger partial charge in [-0.25, -0.2) is 13.2 Å². The van der Waals surface area contributed by atoms with E-state index in [1.54, 1.807) is 12.1 Å². The van der Waals surface area contributed by atoms with Gasteiger partial charge < -0.3 is 14.2 Å². The minimum Gasteiger partial charge on any atom is -0.381 e. The zero-order valence-corrected chi connectivity index (χ0v) is 23.0. The van der Waals surface area contributed by atoms with Crippen LogP contribution in [0.4, 0.5) is 18.9 Å². The Bertz CT molecular complexity index is 1470. The van der Waals surface area contributed by atoms with Crippen molar-refractivity contribution in [3.8, 4) is 23.0 Å². The molecule has 3 aromatic carbocycles. The Morgan fingerprint density at radius 2 is 1.80 bits per heavy atom. The van der Waals surface area contributed by atoms with Crippen LogP contribution < -0.4 is 0 Å². The van der Waals surface area contributed by atoms with Gasteiger partial charge in [0.05, 0.1) is 29.0 Å². The summed E-state index contributed by atoms with van der Waals surface area (Å²) in [7, 11) is 0. The van der Waals surface area contributed by atoms with E-state index in [2.05, 4.69) is 40.8 Å². The highest BCUT2D eigenvalue weighted by atomic mass is 35.5. The van der Waals surface area contributed by atoms with E-state index >= 15 is 0 Å². The van der Waals surface area contributed by atoms with Crippen molar-refractivity contribution in [2.45, 2.75) is 19.1 Å². The van der Waals surface area contributed by atoms with Crippen molar-refractivity contribution in [2.75, 3.05) is 26.4 Å². The number of benzene rings is 3. The van der Waals surface area contributed by atoms with Gasteiger partial charge in [0.25, 0.3) is 0 Å². The highest BCUT2D eigenvalue weighted by molar-refractivity contribution is 7.78. The molecule has 0 radical (unpaired) electrons. The molecule has 4 rings (SSSR count). The van der Waals surface area contributed by atoms with Crippen LogP contribution in [0.2, 0.25) is 5.02 Å². The molecule has 0 saturated carbocycles. The van der Waals surface area contributed by atoms with Gasteiger partial charge in [-0.2, -0.15) is 4.99 Å². The van der Waals surface area contributed by atoms with Crippen LogP contribution in [0.25, 0.3) is 11.1 Å². The van der Waals surface area contributed by atoms with E-state index in [-0.39, 0.29) is 27.8 Å². The number of nitrogens with zero attached hydrogens (tertiary/aromatic N) is 1. The number of rotatable bonds is 9. The van der Waals surface area contributed by atoms with Gasteiger partial charge in [-0.15, -0.1) is 6.58 Å². The first-order chi connectivity index (χ1) is 19.4. The third-order valence-corrected chi connectivity index (χ3v) is 6.56. The third-order valence-electron chi connectivity index (χ3n) is 6.17. The zero-order valence-electron chi connectivity index (χ0n) is 21.4. The Hall–Kier alpha value is -3.28. The van der Waals surface area contributed by atoms with Crippen LogP contribution in [0.5, 0.6) is 0 Å². The van der Waals surface area contributed by atoms with Gasteiger partial charge in [-0.3, -0.25) is 0 Å². The summed E-state index contributed by atoms with van der Waals surface area (Å²) in [5.74, 6) is 3.67. The van der Waals surface area contributed by atoms with E-state index in [9.17, 15) is 13.2 Å². The summed E-state index contributed by atoms with van der Waals surface area (Å²) >= 11 is 10.8. The van der Waals surface area contributed by atoms with Gasteiger partial charge in [0, 0.05) is 35.8 Å². The minimum absolute atomic E-state index is 0.0120. The van der Waals surface area contributed by atoms with Crippen molar-refractivity contribution in [3.63, 3.8) is 0 Å². The highest BCUT2D eigenvalue weighted by Gasteiger charge is 2.25. The van der Waals surface area contributed by atoms with Gasteiger partial charge in [0.2, 0.25) is 0 Å². The fourth-order valence-electron chi connectivity index (χ4n) is 4.05. The fourth-order valence-corrected chi connectivity index (χ4v) is 4.41. The molecule has 1 heterocycles. The Balaban J connectivity index is 1.41. The largest absolute Gasteiger partial charge is 0.381 e. The summed E-state index contributed by atoms with van der Waals surface area (Å²) in [4.78, 5) is 3.61. The van der Waals surface area contributed by atoms with E-state index in [4.69, 9.17) is 25.8 Å². The first kappa shape index (κ1) is 29.7. The molecule has 40 heavy (non-hydrogen) atoms. The Labute approximate surface area is 241 Å². The summed E-state index contributed by atoms with van der Waals surface area (Å²) in [6.45, 7) is 5.80. The predicted octanol–water partition coefficient (Wildman–Crippen LogP) is 8.20. The highest BCUT2D eigenvalue weighted by Crippen LogP contribution is 2.31. The van der Waals surface area contributed by atoms with E-state index in [1.807, 2.05) is 6.08 Å². The molecule has 0 N–H and O–H groups in total. The van der Waals surface area contributed by atoms with Crippen molar-refractivity contribution in [3.05, 3.63) is 100 Å². The summed E-state index contributed by atoms with van der Waals surface area (Å²) in [5.41, 5.74) is 1.21. The zero-order chi connectivity index (χ0) is 28.5. The number of aliphatic imine (C=N–C) groups is 1. The molecule has 1 saturated heterocycles. The monoisotopic (exact) mass is 583 g/mol. The fraction of sp³-hybridized carbons (Fsp3) is 0.258. The molecular formula is C31H25ClF3NO3S. The Kier molecular flexibility index (Phi) is 10.7. The molecule has 0 bridgehead atoms. The molecule has 0 spiro atoms. The van der Waals surface area contributed by atoms with E-state index in [0.29, 0.717) is 43.1 Å². The number of ether oxygens (including phenoxy) is 3. The molecular weight excluding hydrogens is 559 g/mol. The van der Waals surface area contributed by atoms with Gasteiger partial charge in [-0.05, 0) is 67.0 Å². The summed E-state index contributed by atoms with van der Waals surface area (Å²) < 4.78 is 61.0. The standard InChI is InChI=1S/C31H25ClF3NO3S/c1-2-3-11-37-12-10-21-17-38-31(39-18-21)23-14-26(32)25(28(34)16-23)8-5-20-4-7-24(27(33)13-20)22-6-9-30(36-19-40)29(35)15-22/h2,4,6-7,9,13-16,21,31H,1,3,10-12,17-18H2. The number of hydrogen-bond donors (Lipinski definition) is 0. The average molecular weight is 584 g/mol. The second kappa shape index (κ2) is 14.4. The molecule has 1 aliphatic heterocycles. The molecule has 9 heteroatoms. The van der Waals surface area contributed by atoms with Gasteiger partial charge in [0.15, 0.2) is 6.29 Å². The van der Waals surface area contributed by atoms with Gasteiger partial charge >= 0.3 is 0 Å². The molecule has 0 atom stereocenters. The molecule has 1 aliphatic rings. The van der Waals surface area contributed by atoms with Crippen molar-refractivity contribution < 1.29 is 27.4 Å². The molecule has 1 fully saturated rings. The quantitative estimate of drug-likeness (QED) is 0.0837. The summed E-state index contributed by atoms with van der Waals surface area (Å²) in [6.07, 6.45) is 2.66. The number of halogens is 4. The second-order valence-corrected chi connectivity index (χ2v) is 9.61. The van der Waals surface area contributed by atoms with Crippen LogP contribution >= 0.6 is 23.8 Å². The first-order valence-corrected chi connectivity index (χ1v) is 13.3. The number of hydrogen-bond acceptors (Lipinski definition) is 5. The minimum atomic E-state index is -0.742. The van der Waals surface area contributed by atoms with Crippen LogP contribution in [0.15, 0.2) is 66.2 Å². The number of isothiocyanates is 1. The maximum Gasteiger partial charge on any atom is 0.183 e. The topological polar surface area (TPSA) is 40.0 Å². The van der Waals surface area contributed by atoms with E-state index in [1.165, 1.54) is 30.3 Å². The molecule has 0 unspecified atom stereocenters. The maximum absolute atomic E-state index is 15.0. The smallest absolute Gasteiger partial charge is 0.183 e. The maximum atomic E-state index is 15.0. The van der Waals surface area contributed by atoms with E-state index in [0.717, 1.165) is 18.9 Å². The summed E-state index contributed by atoms with van der Waals surface area (Å²) in [6, 6.07) is 11.1. The lowest BCUT2D eigenvalue weighted by Gasteiger charge is -2.29. The van der Waals surface area contributed by atoms with Gasteiger partial charge in [0.1, 0.15) is 23.1 Å². The normalized spacial score (nSPS) is 16.5. The van der Waals surface area contributed by atoms with E-state index < -0.39 is 23.7 Å². The average Bonchev–Trinajstić information content (AvgIpc) is 2.94. The lowest BCUT2D eigenvalue weighted by atomic mass is 10.0. The Morgan fingerprint density at radius 3 is 2.48 bits per heavy atom. The van der Waals surface area contributed by atoms with Crippen LogP contribution in [-0.4, -0.2) is 31.6 Å². The van der Waals surface area contributed by atoms with Crippen molar-refractivity contribution in [1.82, 2.24) is 0 Å². The summed E-state index contributed by atoms with van der Waals surface area (Å²) in [5, 5.41) is 2.18. The van der Waals surface area contributed by atoms with Crippen molar-refractivity contribution in [2.24, 2.45) is 10.9 Å². The molecule has 0 aromatic heterocycles.